The minimum absolute atomic E-state index is 0.0415. The number of non-ortho nitro benzene ring substituents is 1. The average Bonchev–Trinajstić information content (AvgIpc) is 3.19. The van der Waals surface area contributed by atoms with Crippen LogP contribution in [-0.2, 0) is 17.9 Å². The Kier molecular flexibility index (Phi) is 6.22. The number of nitrogens with zero attached hydrogens (tertiary/aromatic N) is 3. The SMILES string of the molecule is O=C(CSc1ccc([N+](=O)[O-])cc1)NCc1ccc(Cn2cccn2)cc1. The lowest BCUT2D eigenvalue weighted by Gasteiger charge is -2.07. The Hall–Kier alpha value is -3.13. The van der Waals surface area contributed by atoms with E-state index < -0.39 is 4.92 Å². The first-order valence-corrected chi connectivity index (χ1v) is 9.28. The number of amides is 1. The number of hydrogen-bond acceptors (Lipinski definition) is 5. The van der Waals surface area contributed by atoms with Crippen LogP contribution < -0.4 is 5.32 Å². The van der Waals surface area contributed by atoms with Gasteiger partial charge in [0.25, 0.3) is 5.69 Å². The normalized spacial score (nSPS) is 10.5. The third kappa shape index (κ3) is 5.68. The van der Waals surface area contributed by atoms with Crippen LogP contribution in [0.4, 0.5) is 5.69 Å². The van der Waals surface area contributed by atoms with Gasteiger partial charge in [-0.2, -0.15) is 5.10 Å². The number of rotatable bonds is 8. The van der Waals surface area contributed by atoms with Crippen LogP contribution in [-0.4, -0.2) is 26.4 Å². The van der Waals surface area contributed by atoms with Crippen molar-refractivity contribution in [3.05, 3.63) is 88.2 Å². The second kappa shape index (κ2) is 9.00. The fraction of sp³-hybridized carbons (Fsp3) is 0.158. The van der Waals surface area contributed by atoms with Gasteiger partial charge in [0.2, 0.25) is 5.91 Å². The van der Waals surface area contributed by atoms with Gasteiger partial charge < -0.3 is 5.32 Å². The Labute approximate surface area is 160 Å². The van der Waals surface area contributed by atoms with Gasteiger partial charge >= 0.3 is 0 Å². The lowest BCUT2D eigenvalue weighted by Crippen LogP contribution is -2.24. The molecule has 0 radical (unpaired) electrons. The number of benzene rings is 2. The van der Waals surface area contributed by atoms with Crippen molar-refractivity contribution in [2.75, 3.05) is 5.75 Å². The van der Waals surface area contributed by atoms with Crippen LogP contribution in [0.25, 0.3) is 0 Å². The molecule has 3 rings (SSSR count). The molecule has 0 saturated carbocycles. The Morgan fingerprint density at radius 2 is 1.81 bits per heavy atom. The molecule has 0 aliphatic rings. The van der Waals surface area contributed by atoms with E-state index in [2.05, 4.69) is 10.4 Å². The molecule has 8 heteroatoms. The first kappa shape index (κ1) is 18.7. The minimum Gasteiger partial charge on any atom is -0.351 e. The topological polar surface area (TPSA) is 90.1 Å². The van der Waals surface area contributed by atoms with Crippen LogP contribution in [0.5, 0.6) is 0 Å². The van der Waals surface area contributed by atoms with Gasteiger partial charge in [0.1, 0.15) is 0 Å². The van der Waals surface area contributed by atoms with E-state index >= 15 is 0 Å². The summed E-state index contributed by atoms with van der Waals surface area (Å²) in [5.41, 5.74) is 2.20. The fourth-order valence-electron chi connectivity index (χ4n) is 2.41. The Morgan fingerprint density at radius 3 is 2.44 bits per heavy atom. The number of nitrogens with one attached hydrogen (secondary N) is 1. The first-order valence-electron chi connectivity index (χ1n) is 8.29. The highest BCUT2D eigenvalue weighted by Crippen LogP contribution is 2.21. The molecule has 1 N–H and O–H groups in total. The van der Waals surface area contributed by atoms with Crippen LogP contribution in [0.15, 0.2) is 71.9 Å². The predicted molar refractivity (Wildman–Crippen MR) is 103 cm³/mol. The van der Waals surface area contributed by atoms with Gasteiger partial charge in [-0.3, -0.25) is 19.6 Å². The number of nitro groups is 1. The fourth-order valence-corrected chi connectivity index (χ4v) is 3.14. The highest BCUT2D eigenvalue weighted by atomic mass is 32.2. The Morgan fingerprint density at radius 1 is 1.11 bits per heavy atom. The largest absolute Gasteiger partial charge is 0.351 e. The van der Waals surface area contributed by atoms with E-state index in [4.69, 9.17) is 0 Å². The summed E-state index contributed by atoms with van der Waals surface area (Å²) in [6.45, 7) is 1.17. The lowest BCUT2D eigenvalue weighted by atomic mass is 10.1. The maximum absolute atomic E-state index is 12.0. The van der Waals surface area contributed by atoms with E-state index in [0.717, 1.165) is 16.0 Å². The average molecular weight is 382 g/mol. The molecule has 1 amide bonds. The molecule has 2 aromatic carbocycles. The van der Waals surface area contributed by atoms with E-state index in [1.54, 1.807) is 18.3 Å². The van der Waals surface area contributed by atoms with Crippen LogP contribution in [0.3, 0.4) is 0 Å². The third-order valence-corrected chi connectivity index (χ3v) is 4.85. The molecule has 3 aromatic rings. The van der Waals surface area contributed by atoms with Gasteiger partial charge in [-0.05, 0) is 29.3 Å². The molecule has 0 aliphatic heterocycles. The molecule has 7 nitrogen and oxygen atoms in total. The van der Waals surface area contributed by atoms with Crippen molar-refractivity contribution in [1.29, 1.82) is 0 Å². The summed E-state index contributed by atoms with van der Waals surface area (Å²) < 4.78 is 1.85. The van der Waals surface area contributed by atoms with Gasteiger partial charge in [-0.1, -0.05) is 24.3 Å². The molecule has 27 heavy (non-hydrogen) atoms. The molecule has 0 bridgehead atoms. The molecule has 0 atom stereocenters. The minimum atomic E-state index is -0.443. The smallest absolute Gasteiger partial charge is 0.269 e. The summed E-state index contributed by atoms with van der Waals surface area (Å²) in [6.07, 6.45) is 3.66. The van der Waals surface area contributed by atoms with Gasteiger partial charge in [0.15, 0.2) is 0 Å². The maximum atomic E-state index is 12.0. The standard InChI is InChI=1S/C19H18N4O3S/c24-19(14-27-18-8-6-17(7-9-18)23(25)26)20-12-15-2-4-16(5-3-15)13-22-11-1-10-21-22/h1-11H,12-14H2,(H,20,24). The summed E-state index contributed by atoms with van der Waals surface area (Å²) in [5, 5.41) is 17.7. The zero-order valence-corrected chi connectivity index (χ0v) is 15.3. The van der Waals surface area contributed by atoms with Gasteiger partial charge in [-0.25, -0.2) is 0 Å². The summed E-state index contributed by atoms with van der Waals surface area (Å²) in [5.74, 6) is 0.175. The van der Waals surface area contributed by atoms with Crippen molar-refractivity contribution >= 4 is 23.4 Å². The second-order valence-electron chi connectivity index (χ2n) is 5.84. The molecule has 1 heterocycles. The summed E-state index contributed by atoms with van der Waals surface area (Å²) in [7, 11) is 0. The first-order chi connectivity index (χ1) is 13.1. The maximum Gasteiger partial charge on any atom is 0.269 e. The van der Waals surface area contributed by atoms with Gasteiger partial charge in [0, 0.05) is 36.0 Å². The number of aromatic nitrogens is 2. The quantitative estimate of drug-likeness (QED) is 0.367. The Bertz CT molecular complexity index is 894. The molecule has 0 fully saturated rings. The molecule has 0 spiro atoms. The predicted octanol–water partition coefficient (Wildman–Crippen LogP) is 3.25. The molecule has 0 aliphatic carbocycles. The molecule has 138 valence electrons. The number of nitro benzene ring substituents is 1. The van der Waals surface area contributed by atoms with E-state index in [9.17, 15) is 14.9 Å². The van der Waals surface area contributed by atoms with Gasteiger partial charge in [0.05, 0.1) is 17.2 Å². The number of hydrogen-bond donors (Lipinski definition) is 1. The zero-order chi connectivity index (χ0) is 19.1. The van der Waals surface area contributed by atoms with Crippen LogP contribution >= 0.6 is 11.8 Å². The van der Waals surface area contributed by atoms with E-state index in [-0.39, 0.29) is 17.3 Å². The third-order valence-electron chi connectivity index (χ3n) is 3.83. The highest BCUT2D eigenvalue weighted by Gasteiger charge is 2.07. The summed E-state index contributed by atoms with van der Waals surface area (Å²) in [4.78, 5) is 23.0. The van der Waals surface area contributed by atoms with E-state index in [1.165, 1.54) is 23.9 Å². The van der Waals surface area contributed by atoms with Crippen molar-refractivity contribution in [2.45, 2.75) is 18.0 Å². The molecule has 0 saturated heterocycles. The summed E-state index contributed by atoms with van der Waals surface area (Å²) >= 11 is 1.34. The molecule has 1 aromatic heterocycles. The van der Waals surface area contributed by atoms with Crippen molar-refractivity contribution < 1.29 is 9.72 Å². The van der Waals surface area contributed by atoms with E-state index in [1.807, 2.05) is 41.2 Å². The van der Waals surface area contributed by atoms with Crippen molar-refractivity contribution in [2.24, 2.45) is 0 Å². The monoisotopic (exact) mass is 382 g/mol. The number of thioether (sulfide) groups is 1. The van der Waals surface area contributed by atoms with Crippen molar-refractivity contribution in [3.63, 3.8) is 0 Å². The van der Waals surface area contributed by atoms with Gasteiger partial charge in [-0.15, -0.1) is 11.8 Å². The summed E-state index contributed by atoms with van der Waals surface area (Å²) in [6, 6.07) is 16.1. The number of carbonyl (C=O) groups excluding carboxylic acids is 1. The van der Waals surface area contributed by atoms with Crippen LogP contribution in [0.2, 0.25) is 0 Å². The van der Waals surface area contributed by atoms with Crippen LogP contribution in [0, 0.1) is 10.1 Å². The van der Waals surface area contributed by atoms with E-state index in [0.29, 0.717) is 13.1 Å². The second-order valence-corrected chi connectivity index (χ2v) is 6.89. The number of carbonyl (C=O) groups is 1. The van der Waals surface area contributed by atoms with Crippen molar-refractivity contribution in [3.8, 4) is 0 Å². The molecular formula is C19H18N4O3S. The highest BCUT2D eigenvalue weighted by molar-refractivity contribution is 8.00. The van der Waals surface area contributed by atoms with Crippen molar-refractivity contribution in [1.82, 2.24) is 15.1 Å². The Balaban J connectivity index is 1.42. The van der Waals surface area contributed by atoms with Crippen LogP contribution in [0.1, 0.15) is 11.1 Å². The lowest BCUT2D eigenvalue weighted by molar-refractivity contribution is -0.384. The molecule has 0 unspecified atom stereocenters. The zero-order valence-electron chi connectivity index (χ0n) is 14.4. The molecular weight excluding hydrogens is 364 g/mol.